The number of ketones is 1. The van der Waals surface area contributed by atoms with Gasteiger partial charge in [0, 0.05) is 19.0 Å². The molecule has 1 atom stereocenters. The van der Waals surface area contributed by atoms with Crippen LogP contribution in [-0.4, -0.2) is 43.0 Å². The van der Waals surface area contributed by atoms with Crippen LogP contribution in [0.4, 0.5) is 0 Å². The molecule has 0 radical (unpaired) electrons. The predicted octanol–water partition coefficient (Wildman–Crippen LogP) is 1.47. The first-order valence-electron chi connectivity index (χ1n) is 6.15. The zero-order valence-electron chi connectivity index (χ0n) is 9.58. The van der Waals surface area contributed by atoms with Crippen molar-refractivity contribution >= 4 is 5.78 Å². The Kier molecular flexibility index (Phi) is 3.76. The summed E-state index contributed by atoms with van der Waals surface area (Å²) in [6.45, 7) is 5.54. The van der Waals surface area contributed by atoms with E-state index in [0.717, 1.165) is 19.1 Å². The van der Waals surface area contributed by atoms with Crippen molar-refractivity contribution in [2.75, 3.05) is 26.3 Å². The Morgan fingerprint density at radius 1 is 1.47 bits per heavy atom. The molecule has 1 aliphatic heterocycles. The molecule has 2 fully saturated rings. The van der Waals surface area contributed by atoms with E-state index in [-0.39, 0.29) is 5.92 Å². The summed E-state index contributed by atoms with van der Waals surface area (Å²) in [6.07, 6.45) is 4.44. The number of ether oxygens (including phenoxy) is 1. The van der Waals surface area contributed by atoms with Crippen molar-refractivity contribution in [1.29, 1.82) is 0 Å². The molecular weight excluding hydrogens is 190 g/mol. The number of hydrogen-bond acceptors (Lipinski definition) is 3. The molecule has 1 saturated carbocycles. The van der Waals surface area contributed by atoms with Crippen molar-refractivity contribution in [3.8, 4) is 0 Å². The average molecular weight is 211 g/mol. The van der Waals surface area contributed by atoms with E-state index in [2.05, 4.69) is 11.8 Å². The third-order valence-corrected chi connectivity index (χ3v) is 3.30. The Hall–Kier alpha value is -0.410. The molecule has 3 heteroatoms. The first kappa shape index (κ1) is 11.1. The summed E-state index contributed by atoms with van der Waals surface area (Å²) in [5.41, 5.74) is 0. The number of carbonyl (C=O) groups is 1. The van der Waals surface area contributed by atoms with E-state index in [9.17, 15) is 4.79 Å². The molecule has 0 aromatic rings. The number of rotatable bonds is 5. The summed E-state index contributed by atoms with van der Waals surface area (Å²) in [5.74, 6) is 0.550. The molecule has 0 amide bonds. The highest BCUT2D eigenvalue weighted by Crippen LogP contribution is 2.28. The fraction of sp³-hybridized carbons (Fsp3) is 0.917. The van der Waals surface area contributed by atoms with E-state index in [1.54, 1.807) is 0 Å². The predicted molar refractivity (Wildman–Crippen MR) is 58.8 cm³/mol. The summed E-state index contributed by atoms with van der Waals surface area (Å²) in [6, 6.07) is 0.764. The van der Waals surface area contributed by atoms with Crippen LogP contribution in [0.15, 0.2) is 0 Å². The van der Waals surface area contributed by atoms with Gasteiger partial charge in [-0.3, -0.25) is 9.69 Å². The van der Waals surface area contributed by atoms with Crippen LogP contribution in [0, 0.1) is 5.92 Å². The summed E-state index contributed by atoms with van der Waals surface area (Å²) < 4.78 is 5.38. The van der Waals surface area contributed by atoms with E-state index in [0.29, 0.717) is 25.4 Å². The minimum Gasteiger partial charge on any atom is -0.380 e. The van der Waals surface area contributed by atoms with Gasteiger partial charge in [-0.15, -0.1) is 0 Å². The highest BCUT2D eigenvalue weighted by Gasteiger charge is 2.32. The highest BCUT2D eigenvalue weighted by molar-refractivity contribution is 5.82. The van der Waals surface area contributed by atoms with Gasteiger partial charge in [0.2, 0.25) is 0 Å². The van der Waals surface area contributed by atoms with Crippen LogP contribution in [-0.2, 0) is 9.53 Å². The van der Waals surface area contributed by atoms with E-state index in [4.69, 9.17) is 4.74 Å². The minimum atomic E-state index is 0.144. The molecule has 1 saturated heterocycles. The van der Waals surface area contributed by atoms with Crippen molar-refractivity contribution < 1.29 is 9.53 Å². The van der Waals surface area contributed by atoms with E-state index in [1.165, 1.54) is 19.3 Å². The van der Waals surface area contributed by atoms with E-state index >= 15 is 0 Å². The average Bonchev–Trinajstić information content (AvgIpc) is 3.04. The van der Waals surface area contributed by atoms with Gasteiger partial charge in [-0.2, -0.15) is 0 Å². The lowest BCUT2D eigenvalue weighted by atomic mass is 10.00. The standard InChI is InChI=1S/C12H21NO2/c1-2-6-13(11-3-4-11)8-10-9-15-7-5-12(10)14/h10-11H,2-9H2,1H3. The van der Waals surface area contributed by atoms with E-state index in [1.807, 2.05) is 0 Å². The molecule has 86 valence electrons. The van der Waals surface area contributed by atoms with Gasteiger partial charge < -0.3 is 4.74 Å². The maximum Gasteiger partial charge on any atom is 0.141 e. The fourth-order valence-electron chi connectivity index (χ4n) is 2.28. The molecule has 1 aliphatic carbocycles. The van der Waals surface area contributed by atoms with Gasteiger partial charge in [-0.05, 0) is 25.8 Å². The molecular formula is C12H21NO2. The largest absolute Gasteiger partial charge is 0.380 e. The molecule has 15 heavy (non-hydrogen) atoms. The maximum absolute atomic E-state index is 11.7. The van der Waals surface area contributed by atoms with Crippen LogP contribution in [0.1, 0.15) is 32.6 Å². The third-order valence-electron chi connectivity index (χ3n) is 3.30. The topological polar surface area (TPSA) is 29.5 Å². The van der Waals surface area contributed by atoms with E-state index < -0.39 is 0 Å². The summed E-state index contributed by atoms with van der Waals surface area (Å²) >= 11 is 0. The Morgan fingerprint density at radius 2 is 2.27 bits per heavy atom. The molecule has 0 bridgehead atoms. The summed E-state index contributed by atoms with van der Waals surface area (Å²) in [5, 5.41) is 0. The summed E-state index contributed by atoms with van der Waals surface area (Å²) in [7, 11) is 0. The highest BCUT2D eigenvalue weighted by atomic mass is 16.5. The fourth-order valence-corrected chi connectivity index (χ4v) is 2.28. The van der Waals surface area contributed by atoms with Gasteiger partial charge in [0.05, 0.1) is 19.1 Å². The molecule has 0 N–H and O–H groups in total. The number of carbonyl (C=O) groups excluding carboxylic acids is 1. The van der Waals surface area contributed by atoms with Crippen LogP contribution in [0.3, 0.4) is 0 Å². The zero-order valence-corrected chi connectivity index (χ0v) is 9.58. The second-order valence-corrected chi connectivity index (χ2v) is 4.71. The Labute approximate surface area is 91.8 Å². The van der Waals surface area contributed by atoms with Crippen LogP contribution in [0.25, 0.3) is 0 Å². The maximum atomic E-state index is 11.7. The Bertz CT molecular complexity index is 226. The number of hydrogen-bond donors (Lipinski definition) is 0. The number of Topliss-reactive ketones (excluding diaryl/α,β-unsaturated/α-hetero) is 1. The van der Waals surface area contributed by atoms with Crippen molar-refractivity contribution in [3.63, 3.8) is 0 Å². The quantitative estimate of drug-likeness (QED) is 0.689. The van der Waals surface area contributed by atoms with Crippen molar-refractivity contribution in [3.05, 3.63) is 0 Å². The molecule has 3 nitrogen and oxygen atoms in total. The molecule has 0 aromatic carbocycles. The smallest absolute Gasteiger partial charge is 0.141 e. The van der Waals surface area contributed by atoms with Gasteiger partial charge >= 0.3 is 0 Å². The van der Waals surface area contributed by atoms with Crippen LogP contribution < -0.4 is 0 Å². The second-order valence-electron chi connectivity index (χ2n) is 4.71. The van der Waals surface area contributed by atoms with Gasteiger partial charge in [0.15, 0.2) is 0 Å². The first-order chi connectivity index (χ1) is 7.31. The minimum absolute atomic E-state index is 0.144. The van der Waals surface area contributed by atoms with Crippen molar-refractivity contribution in [1.82, 2.24) is 4.90 Å². The van der Waals surface area contributed by atoms with Crippen molar-refractivity contribution in [2.24, 2.45) is 5.92 Å². The lowest BCUT2D eigenvalue weighted by Gasteiger charge is -2.28. The van der Waals surface area contributed by atoms with Gasteiger partial charge in [-0.25, -0.2) is 0 Å². The first-order valence-corrected chi connectivity index (χ1v) is 6.15. The monoisotopic (exact) mass is 211 g/mol. The van der Waals surface area contributed by atoms with Crippen LogP contribution in [0.2, 0.25) is 0 Å². The molecule has 1 heterocycles. The SMILES string of the molecule is CCCN(CC1COCCC1=O)C1CC1. The number of nitrogens with zero attached hydrogens (tertiary/aromatic N) is 1. The normalized spacial score (nSPS) is 27.3. The Balaban J connectivity index is 1.83. The molecule has 2 aliphatic rings. The van der Waals surface area contributed by atoms with Gasteiger partial charge in [0.25, 0.3) is 0 Å². The zero-order chi connectivity index (χ0) is 10.7. The van der Waals surface area contributed by atoms with Gasteiger partial charge in [0.1, 0.15) is 5.78 Å². The molecule has 0 aromatic heterocycles. The van der Waals surface area contributed by atoms with Gasteiger partial charge in [-0.1, -0.05) is 6.92 Å². The van der Waals surface area contributed by atoms with Crippen LogP contribution in [0.5, 0.6) is 0 Å². The van der Waals surface area contributed by atoms with Crippen molar-refractivity contribution in [2.45, 2.75) is 38.6 Å². The Morgan fingerprint density at radius 3 is 2.87 bits per heavy atom. The second kappa shape index (κ2) is 5.08. The summed E-state index contributed by atoms with van der Waals surface area (Å²) in [4.78, 5) is 14.2. The lowest BCUT2D eigenvalue weighted by molar-refractivity contribution is -0.131. The lowest BCUT2D eigenvalue weighted by Crippen LogP contribution is -2.39. The molecule has 1 unspecified atom stereocenters. The molecule has 2 rings (SSSR count). The van der Waals surface area contributed by atoms with Crippen LogP contribution >= 0.6 is 0 Å². The molecule has 0 spiro atoms. The third kappa shape index (κ3) is 3.02.